The highest BCUT2D eigenvalue weighted by molar-refractivity contribution is 7.92. The lowest BCUT2D eigenvalue weighted by atomic mass is 9.95. The molecule has 0 unspecified atom stereocenters. The Labute approximate surface area is 267 Å². The first-order valence-electron chi connectivity index (χ1n) is 14.0. The number of anilines is 1. The van der Waals surface area contributed by atoms with Crippen LogP contribution in [-0.4, -0.2) is 50.9 Å². The summed E-state index contributed by atoms with van der Waals surface area (Å²) in [6.45, 7) is 0.915. The number of nitrogens with one attached hydrogen (secondary N) is 1. The Kier molecular flexibility index (Phi) is 11.2. The van der Waals surface area contributed by atoms with Gasteiger partial charge in [0, 0.05) is 33.2 Å². The van der Waals surface area contributed by atoms with Gasteiger partial charge < -0.3 is 15.0 Å². The molecule has 8 nitrogen and oxygen atoms in total. The van der Waals surface area contributed by atoms with Crippen molar-refractivity contribution in [1.29, 1.82) is 0 Å². The van der Waals surface area contributed by atoms with Gasteiger partial charge in [0.15, 0.2) is 0 Å². The molecule has 2 amide bonds. The minimum absolute atomic E-state index is 0.0190. The largest absolute Gasteiger partial charge is 0.497 e. The van der Waals surface area contributed by atoms with Crippen LogP contribution < -0.4 is 14.4 Å². The monoisotopic (exact) mass is 665 g/mol. The lowest BCUT2D eigenvalue weighted by Crippen LogP contribution is -2.53. The first-order valence-corrected chi connectivity index (χ1v) is 16.5. The summed E-state index contributed by atoms with van der Waals surface area (Å²) in [5.74, 6) is -0.470. The molecule has 0 aliphatic heterocycles. The number of sulfonamides is 1. The summed E-state index contributed by atoms with van der Waals surface area (Å²) in [6, 6.07) is 16.0. The average Bonchev–Trinajstić information content (AvgIpc) is 3.00. The Morgan fingerprint density at radius 2 is 1.53 bits per heavy atom. The molecule has 0 bridgehead atoms. The third kappa shape index (κ3) is 8.15. The number of halogens is 3. The van der Waals surface area contributed by atoms with Gasteiger partial charge in [-0.05, 0) is 80.4 Å². The molecule has 1 N–H and O–H groups in total. The van der Waals surface area contributed by atoms with Crippen molar-refractivity contribution in [2.45, 2.75) is 62.6 Å². The number of carbonyl (C=O) groups excluding carboxylic acids is 2. The van der Waals surface area contributed by atoms with Gasteiger partial charge in [-0.1, -0.05) is 60.1 Å². The SMILES string of the molecule is COc1ccc(S(=O)(=O)N(CC(=O)N(Cc2c(Cl)cccc2Cl)[C@H](C)C(=O)NC2CCCCC2)c2ccc(Cl)cc2)cc1. The first-order chi connectivity index (χ1) is 20.5. The van der Waals surface area contributed by atoms with Gasteiger partial charge in [0.05, 0.1) is 17.7 Å². The molecule has 0 heterocycles. The van der Waals surface area contributed by atoms with Gasteiger partial charge in [-0.15, -0.1) is 0 Å². The number of rotatable bonds is 11. The number of carbonyl (C=O) groups is 2. The summed E-state index contributed by atoms with van der Waals surface area (Å²) in [4.78, 5) is 28.9. The van der Waals surface area contributed by atoms with Crippen molar-refractivity contribution in [1.82, 2.24) is 10.2 Å². The molecule has 1 aliphatic rings. The fourth-order valence-corrected chi connectivity index (χ4v) is 7.07. The van der Waals surface area contributed by atoms with Crippen molar-refractivity contribution in [3.63, 3.8) is 0 Å². The van der Waals surface area contributed by atoms with Crippen molar-refractivity contribution < 1.29 is 22.7 Å². The maximum absolute atomic E-state index is 14.1. The fourth-order valence-electron chi connectivity index (χ4n) is 5.02. The van der Waals surface area contributed by atoms with Crippen LogP contribution in [0.15, 0.2) is 71.6 Å². The quantitative estimate of drug-likeness (QED) is 0.245. The average molecular weight is 667 g/mol. The zero-order chi connectivity index (χ0) is 31.1. The van der Waals surface area contributed by atoms with E-state index in [1.54, 1.807) is 37.3 Å². The molecule has 1 saturated carbocycles. The van der Waals surface area contributed by atoms with Gasteiger partial charge in [-0.25, -0.2) is 8.42 Å². The van der Waals surface area contributed by atoms with E-state index in [-0.39, 0.29) is 29.1 Å². The molecular weight excluding hydrogens is 633 g/mol. The number of hydrogen-bond acceptors (Lipinski definition) is 5. The van der Waals surface area contributed by atoms with Crippen molar-refractivity contribution in [3.8, 4) is 5.75 Å². The molecule has 1 atom stereocenters. The van der Waals surface area contributed by atoms with Crippen molar-refractivity contribution in [2.24, 2.45) is 0 Å². The third-order valence-electron chi connectivity index (χ3n) is 7.55. The molecule has 0 radical (unpaired) electrons. The van der Waals surface area contributed by atoms with Crippen molar-refractivity contribution >= 4 is 62.3 Å². The number of benzene rings is 3. The maximum Gasteiger partial charge on any atom is 0.264 e. The highest BCUT2D eigenvalue weighted by atomic mass is 35.5. The van der Waals surface area contributed by atoms with Crippen LogP contribution in [0.4, 0.5) is 5.69 Å². The standard InChI is InChI=1S/C31H34Cl3N3O5S/c1-21(31(39)35-23-7-4-3-5-8-23)36(19-27-28(33)9-6-10-29(27)34)30(38)20-37(24-13-11-22(32)12-14-24)43(40,41)26-17-15-25(42-2)16-18-26/h6,9-18,21,23H,3-5,7-8,19-20H2,1-2H3,(H,35,39)/t21-/m1/s1. The number of methoxy groups -OCH3 is 1. The third-order valence-corrected chi connectivity index (χ3v) is 10.3. The molecule has 0 saturated heterocycles. The highest BCUT2D eigenvalue weighted by Crippen LogP contribution is 2.29. The summed E-state index contributed by atoms with van der Waals surface area (Å²) in [6.07, 6.45) is 4.91. The van der Waals surface area contributed by atoms with Gasteiger partial charge in [-0.2, -0.15) is 0 Å². The van der Waals surface area contributed by atoms with Gasteiger partial charge in [0.1, 0.15) is 18.3 Å². The molecule has 0 spiro atoms. The number of nitrogens with zero attached hydrogens (tertiary/aromatic N) is 2. The number of ether oxygens (including phenoxy) is 1. The maximum atomic E-state index is 14.1. The summed E-state index contributed by atoms with van der Waals surface area (Å²) >= 11 is 19.0. The molecule has 3 aromatic carbocycles. The highest BCUT2D eigenvalue weighted by Gasteiger charge is 2.34. The molecule has 43 heavy (non-hydrogen) atoms. The summed E-state index contributed by atoms with van der Waals surface area (Å²) in [5.41, 5.74) is 0.677. The van der Waals surface area contributed by atoms with Gasteiger partial charge in [0.25, 0.3) is 10.0 Å². The van der Waals surface area contributed by atoms with E-state index in [1.807, 2.05) is 0 Å². The second kappa shape index (κ2) is 14.7. The van der Waals surface area contributed by atoms with E-state index >= 15 is 0 Å². The lowest BCUT2D eigenvalue weighted by Gasteiger charge is -2.33. The first kappa shape index (κ1) is 32.9. The van der Waals surface area contributed by atoms with Gasteiger partial charge >= 0.3 is 0 Å². The van der Waals surface area contributed by atoms with Crippen LogP contribution in [0.3, 0.4) is 0 Å². The molecule has 1 aliphatic carbocycles. The Morgan fingerprint density at radius 3 is 2.12 bits per heavy atom. The normalized spacial score (nSPS) is 14.5. The Balaban J connectivity index is 1.70. The van der Waals surface area contributed by atoms with E-state index in [2.05, 4.69) is 5.32 Å². The van der Waals surface area contributed by atoms with Crippen molar-refractivity contribution in [2.75, 3.05) is 18.0 Å². The smallest absolute Gasteiger partial charge is 0.264 e. The van der Waals surface area contributed by atoms with Crippen LogP contribution in [0.2, 0.25) is 15.1 Å². The minimum atomic E-state index is -4.24. The van der Waals surface area contributed by atoms with Crippen LogP contribution in [0.25, 0.3) is 0 Å². The van der Waals surface area contributed by atoms with Gasteiger partial charge in [-0.3, -0.25) is 13.9 Å². The van der Waals surface area contributed by atoms with Crippen LogP contribution in [0.1, 0.15) is 44.6 Å². The zero-order valence-corrected chi connectivity index (χ0v) is 27.0. The fraction of sp³-hybridized carbons (Fsp3) is 0.355. The second-order valence-electron chi connectivity index (χ2n) is 10.4. The predicted molar refractivity (Wildman–Crippen MR) is 170 cm³/mol. The van der Waals surface area contributed by atoms with Crippen LogP contribution in [0.5, 0.6) is 5.75 Å². The van der Waals surface area contributed by atoms with E-state index in [0.29, 0.717) is 26.4 Å². The molecule has 0 aromatic heterocycles. The van der Waals surface area contributed by atoms with E-state index in [0.717, 1.165) is 36.4 Å². The summed E-state index contributed by atoms with van der Waals surface area (Å²) in [5, 5.41) is 4.12. The molecule has 3 aromatic rings. The van der Waals surface area contributed by atoms with E-state index in [1.165, 1.54) is 48.4 Å². The minimum Gasteiger partial charge on any atom is -0.497 e. The summed E-state index contributed by atoms with van der Waals surface area (Å²) < 4.78 is 34.1. The van der Waals surface area contributed by atoms with Crippen molar-refractivity contribution in [3.05, 3.63) is 87.4 Å². The second-order valence-corrected chi connectivity index (χ2v) is 13.5. The lowest BCUT2D eigenvalue weighted by molar-refractivity contribution is -0.139. The van der Waals surface area contributed by atoms with E-state index < -0.39 is 28.5 Å². The Morgan fingerprint density at radius 1 is 0.930 bits per heavy atom. The molecule has 1 fully saturated rings. The number of hydrogen-bond donors (Lipinski definition) is 1. The molecular formula is C31H34Cl3N3O5S. The number of amides is 2. The summed E-state index contributed by atoms with van der Waals surface area (Å²) in [7, 11) is -2.76. The topological polar surface area (TPSA) is 96.0 Å². The molecule has 4 rings (SSSR count). The van der Waals surface area contributed by atoms with Crippen LogP contribution >= 0.6 is 34.8 Å². The Bertz CT molecular complexity index is 1510. The van der Waals surface area contributed by atoms with Gasteiger partial charge in [0.2, 0.25) is 11.8 Å². The van der Waals surface area contributed by atoms with E-state index in [9.17, 15) is 18.0 Å². The molecule has 230 valence electrons. The van der Waals surface area contributed by atoms with Crippen LogP contribution in [0, 0.1) is 0 Å². The molecule has 12 heteroatoms. The predicted octanol–water partition coefficient (Wildman–Crippen LogP) is 6.72. The van der Waals surface area contributed by atoms with E-state index in [4.69, 9.17) is 39.5 Å². The van der Waals surface area contributed by atoms with Crippen LogP contribution in [-0.2, 0) is 26.2 Å². The zero-order valence-electron chi connectivity index (χ0n) is 23.9. The Hall–Kier alpha value is -2.98.